The summed E-state index contributed by atoms with van der Waals surface area (Å²) in [6, 6.07) is 5.53. The Morgan fingerprint density at radius 1 is 1.23 bits per heavy atom. The van der Waals surface area contributed by atoms with Gasteiger partial charge in [0.25, 0.3) is 0 Å². The fourth-order valence-electron chi connectivity index (χ4n) is 3.55. The first-order chi connectivity index (χ1) is 12.1. The monoisotopic (exact) mass is 392 g/mol. The second kappa shape index (κ2) is 6.54. The van der Waals surface area contributed by atoms with Crippen LogP contribution in [0.15, 0.2) is 32.3 Å². The summed E-state index contributed by atoms with van der Waals surface area (Å²) >= 11 is 6.53. The van der Waals surface area contributed by atoms with Crippen molar-refractivity contribution in [3.63, 3.8) is 0 Å². The quantitative estimate of drug-likeness (QED) is 0.764. The number of nitrogens with one attached hydrogen (secondary N) is 1. The molecule has 0 radical (unpaired) electrons. The molecule has 0 bridgehead atoms. The summed E-state index contributed by atoms with van der Waals surface area (Å²) in [5.74, 6) is 0.448. The van der Waals surface area contributed by atoms with Gasteiger partial charge in [0.05, 0.1) is 9.73 Å². The molecule has 6 heteroatoms. The minimum absolute atomic E-state index is 0.0578. The number of fused-ring (bicyclic) bond motifs is 1. The molecule has 0 saturated carbocycles. The van der Waals surface area contributed by atoms with Crippen molar-refractivity contribution in [1.82, 2.24) is 4.98 Å². The van der Waals surface area contributed by atoms with Crippen molar-refractivity contribution in [2.45, 2.75) is 50.8 Å². The molecule has 0 saturated heterocycles. The van der Waals surface area contributed by atoms with E-state index in [0.717, 1.165) is 28.8 Å². The third kappa shape index (κ3) is 3.23. The lowest BCUT2D eigenvalue weighted by Gasteiger charge is -2.23. The molecule has 1 unspecified atom stereocenters. The van der Waals surface area contributed by atoms with Crippen molar-refractivity contribution in [3.8, 4) is 11.3 Å². The van der Waals surface area contributed by atoms with Crippen LogP contribution in [0.4, 0.5) is 0 Å². The highest BCUT2D eigenvalue weighted by molar-refractivity contribution is 7.93. The van der Waals surface area contributed by atoms with E-state index >= 15 is 0 Å². The lowest BCUT2D eigenvalue weighted by molar-refractivity contribution is 0.590. The fourth-order valence-corrected chi connectivity index (χ4v) is 6.01. The average Bonchev–Trinajstić information content (AvgIpc) is 2.55. The molecule has 0 fully saturated rings. The number of halogens is 1. The van der Waals surface area contributed by atoms with Gasteiger partial charge in [-0.25, -0.2) is 8.57 Å². The molecular formula is C20H25ClN2O2S. The van der Waals surface area contributed by atoms with E-state index in [2.05, 4.69) is 36.2 Å². The molecule has 140 valence electrons. The minimum Gasteiger partial charge on any atom is -0.357 e. The normalized spacial score (nSPS) is 19.9. The summed E-state index contributed by atoms with van der Waals surface area (Å²) in [6.07, 6.45) is 1.46. The molecule has 2 heterocycles. The second-order valence-electron chi connectivity index (χ2n) is 7.88. The summed E-state index contributed by atoms with van der Waals surface area (Å²) < 4.78 is 17.0. The van der Waals surface area contributed by atoms with E-state index in [1.54, 1.807) is 0 Å². The number of aromatic amines is 1. The zero-order valence-corrected chi connectivity index (χ0v) is 17.5. The van der Waals surface area contributed by atoms with Gasteiger partial charge in [-0.05, 0) is 42.4 Å². The number of benzene rings is 1. The van der Waals surface area contributed by atoms with Crippen LogP contribution in [-0.2, 0) is 21.6 Å². The van der Waals surface area contributed by atoms with Crippen LogP contribution in [0, 0.1) is 6.92 Å². The van der Waals surface area contributed by atoms with E-state index in [-0.39, 0.29) is 10.8 Å². The van der Waals surface area contributed by atoms with Gasteiger partial charge in [-0.1, -0.05) is 38.4 Å². The van der Waals surface area contributed by atoms with Gasteiger partial charge in [0.1, 0.15) is 4.90 Å². The lowest BCUT2D eigenvalue weighted by Crippen LogP contribution is -2.25. The minimum atomic E-state index is -2.61. The van der Waals surface area contributed by atoms with Gasteiger partial charge >= 0.3 is 0 Å². The van der Waals surface area contributed by atoms with Crippen LogP contribution in [-0.4, -0.2) is 22.0 Å². The Kier molecular flexibility index (Phi) is 4.82. The van der Waals surface area contributed by atoms with Crippen molar-refractivity contribution in [1.29, 1.82) is 0 Å². The Morgan fingerprint density at radius 2 is 1.92 bits per heavy atom. The number of H-pyrrole nitrogens is 1. The molecule has 1 N–H and O–H groups in total. The highest BCUT2D eigenvalue weighted by atomic mass is 35.5. The Balaban J connectivity index is 2.22. The van der Waals surface area contributed by atoms with Crippen LogP contribution in [0.25, 0.3) is 11.3 Å². The molecule has 1 aromatic heterocycles. The van der Waals surface area contributed by atoms with Gasteiger partial charge in [-0.15, -0.1) is 0 Å². The molecule has 0 spiro atoms. The van der Waals surface area contributed by atoms with Gasteiger partial charge in [-0.3, -0.25) is 4.79 Å². The van der Waals surface area contributed by atoms with Crippen LogP contribution < -0.4 is 5.43 Å². The Hall–Kier alpha value is -1.59. The zero-order valence-electron chi connectivity index (χ0n) is 15.9. The van der Waals surface area contributed by atoms with E-state index in [9.17, 15) is 9.00 Å². The topological polar surface area (TPSA) is 62.3 Å². The molecule has 1 atom stereocenters. The molecule has 2 aromatic rings. The van der Waals surface area contributed by atoms with Gasteiger partial charge < -0.3 is 4.98 Å². The highest BCUT2D eigenvalue weighted by Crippen LogP contribution is 2.35. The first-order valence-electron chi connectivity index (χ1n) is 8.77. The molecular weight excluding hydrogens is 368 g/mol. The molecule has 26 heavy (non-hydrogen) atoms. The van der Waals surface area contributed by atoms with Crippen LogP contribution in [0.5, 0.6) is 0 Å². The largest absolute Gasteiger partial charge is 0.357 e. The number of rotatable bonds is 1. The first-order valence-corrected chi connectivity index (χ1v) is 10.8. The Labute approximate surface area is 160 Å². The van der Waals surface area contributed by atoms with E-state index in [4.69, 9.17) is 11.6 Å². The summed E-state index contributed by atoms with van der Waals surface area (Å²) in [4.78, 5) is 16.5. The zero-order chi connectivity index (χ0) is 19.3. The van der Waals surface area contributed by atoms with E-state index in [1.807, 2.05) is 13.0 Å². The second-order valence-corrected chi connectivity index (χ2v) is 10.8. The predicted octanol–water partition coefficient (Wildman–Crippen LogP) is 4.70. The standard InChI is InChI=1S/C20H25ClN2O2S/c1-12-9-14(20(2,3)4)15(21)10-13(12)17-11-18(24)19-16(23-17)7-6-8-26(19,25)22-5/h9-11H,6-8H2,1-5H3,(H,23,24). The van der Waals surface area contributed by atoms with Crippen LogP contribution >= 0.6 is 11.6 Å². The molecule has 0 aliphatic carbocycles. The third-order valence-electron chi connectivity index (χ3n) is 4.93. The van der Waals surface area contributed by atoms with Crippen molar-refractivity contribution in [3.05, 3.63) is 50.3 Å². The Morgan fingerprint density at radius 3 is 2.54 bits per heavy atom. The van der Waals surface area contributed by atoms with Gasteiger partial charge in [0.2, 0.25) is 0 Å². The first kappa shape index (κ1) is 19.2. The number of aryl methyl sites for hydroxylation is 2. The number of nitrogens with zero attached hydrogens (tertiary/aromatic N) is 1. The SMILES string of the molecule is CN=S1(=O)CCCc2[nH]c(-c3cc(Cl)c(C(C)(C)C)cc3C)cc(=O)c21. The Bertz CT molecular complexity index is 1050. The molecule has 0 amide bonds. The maximum atomic E-state index is 12.9. The molecule has 1 aliphatic rings. The van der Waals surface area contributed by atoms with E-state index < -0.39 is 9.73 Å². The summed E-state index contributed by atoms with van der Waals surface area (Å²) in [5.41, 5.74) is 4.21. The van der Waals surface area contributed by atoms with Crippen molar-refractivity contribution >= 4 is 21.3 Å². The fraction of sp³-hybridized carbons (Fsp3) is 0.450. The van der Waals surface area contributed by atoms with Crippen molar-refractivity contribution in [2.75, 3.05) is 12.8 Å². The van der Waals surface area contributed by atoms with Gasteiger partial charge in [-0.2, -0.15) is 0 Å². The lowest BCUT2D eigenvalue weighted by atomic mass is 9.85. The van der Waals surface area contributed by atoms with Crippen LogP contribution in [0.1, 0.15) is 44.0 Å². The highest BCUT2D eigenvalue weighted by Gasteiger charge is 2.26. The van der Waals surface area contributed by atoms with Crippen LogP contribution in [0.3, 0.4) is 0 Å². The van der Waals surface area contributed by atoms with Crippen LogP contribution in [0.2, 0.25) is 5.02 Å². The number of hydrogen-bond acceptors (Lipinski definition) is 3. The maximum absolute atomic E-state index is 12.9. The third-order valence-corrected chi connectivity index (χ3v) is 7.76. The van der Waals surface area contributed by atoms with E-state index in [1.165, 1.54) is 13.1 Å². The predicted molar refractivity (Wildman–Crippen MR) is 109 cm³/mol. The van der Waals surface area contributed by atoms with Crippen molar-refractivity contribution < 1.29 is 4.21 Å². The summed E-state index contributed by atoms with van der Waals surface area (Å²) in [5, 5.41) is 0.684. The number of hydrogen-bond donors (Lipinski definition) is 1. The number of aromatic nitrogens is 1. The summed E-state index contributed by atoms with van der Waals surface area (Å²) in [6.45, 7) is 8.39. The van der Waals surface area contributed by atoms with Gasteiger partial charge in [0.15, 0.2) is 5.43 Å². The summed E-state index contributed by atoms with van der Waals surface area (Å²) in [7, 11) is -1.08. The molecule has 4 nitrogen and oxygen atoms in total. The molecule has 1 aromatic carbocycles. The average molecular weight is 393 g/mol. The van der Waals surface area contributed by atoms with Gasteiger partial charge in [0, 0.05) is 40.8 Å². The maximum Gasteiger partial charge on any atom is 0.199 e. The number of pyridine rings is 1. The van der Waals surface area contributed by atoms with E-state index in [0.29, 0.717) is 27.8 Å². The molecule has 3 rings (SSSR count). The molecule has 1 aliphatic heterocycles. The van der Waals surface area contributed by atoms with Crippen molar-refractivity contribution in [2.24, 2.45) is 4.36 Å². The smallest absolute Gasteiger partial charge is 0.199 e.